The van der Waals surface area contributed by atoms with Gasteiger partial charge in [0.15, 0.2) is 6.61 Å². The number of rotatable bonds is 4. The van der Waals surface area contributed by atoms with Crippen LogP contribution in [0.2, 0.25) is 0 Å². The molecule has 0 aromatic heterocycles. The highest BCUT2D eigenvalue weighted by Crippen LogP contribution is 2.17. The Hall–Kier alpha value is -2.62. The van der Waals surface area contributed by atoms with Gasteiger partial charge in [-0.15, -0.1) is 0 Å². The Morgan fingerprint density at radius 1 is 0.957 bits per heavy atom. The molecule has 0 heterocycles. The van der Waals surface area contributed by atoms with E-state index in [4.69, 9.17) is 4.74 Å². The van der Waals surface area contributed by atoms with E-state index in [0.717, 1.165) is 27.9 Å². The van der Waals surface area contributed by atoms with Crippen molar-refractivity contribution in [3.63, 3.8) is 0 Å². The number of amides is 1. The Bertz CT molecular complexity index is 727. The first-order valence-corrected chi connectivity index (χ1v) is 7.49. The lowest BCUT2D eigenvalue weighted by atomic mass is 10.00. The van der Waals surface area contributed by atoms with Crippen LogP contribution in [-0.4, -0.2) is 18.5 Å². The molecule has 23 heavy (non-hydrogen) atoms. The summed E-state index contributed by atoms with van der Waals surface area (Å²) in [6, 6.07) is 11.3. The summed E-state index contributed by atoms with van der Waals surface area (Å²) < 4.78 is 5.15. The van der Waals surface area contributed by atoms with Crippen molar-refractivity contribution >= 4 is 17.6 Å². The topological polar surface area (TPSA) is 55.4 Å². The lowest BCUT2D eigenvalue weighted by Gasteiger charge is -2.12. The molecule has 120 valence electrons. The Kier molecular flexibility index (Phi) is 5.16. The van der Waals surface area contributed by atoms with Crippen LogP contribution in [0.25, 0.3) is 0 Å². The van der Waals surface area contributed by atoms with E-state index in [9.17, 15) is 9.59 Å². The number of nitrogens with one attached hydrogen (secondary N) is 1. The minimum Gasteiger partial charge on any atom is -0.452 e. The van der Waals surface area contributed by atoms with Gasteiger partial charge in [-0.05, 0) is 50.5 Å². The number of ether oxygens (including phenoxy) is 1. The standard InChI is InChI=1S/C19H21NO3/c1-12-9-14(3)18(15(4)10-12)19(22)23-11-17(21)20-16-8-6-5-7-13(16)2/h5-10H,11H2,1-4H3,(H,20,21). The predicted octanol–water partition coefficient (Wildman–Crippen LogP) is 3.72. The molecular weight excluding hydrogens is 290 g/mol. The van der Waals surface area contributed by atoms with Crippen molar-refractivity contribution in [2.75, 3.05) is 11.9 Å². The van der Waals surface area contributed by atoms with Crippen molar-refractivity contribution in [2.24, 2.45) is 0 Å². The third-order valence-corrected chi connectivity index (χ3v) is 3.63. The molecule has 0 aliphatic heterocycles. The smallest absolute Gasteiger partial charge is 0.339 e. The highest BCUT2D eigenvalue weighted by atomic mass is 16.5. The van der Waals surface area contributed by atoms with E-state index in [-0.39, 0.29) is 12.5 Å². The molecule has 0 aliphatic rings. The summed E-state index contributed by atoms with van der Waals surface area (Å²) in [5.41, 5.74) is 5.00. The predicted molar refractivity (Wildman–Crippen MR) is 90.7 cm³/mol. The number of esters is 1. The number of hydrogen-bond donors (Lipinski definition) is 1. The van der Waals surface area contributed by atoms with Crippen LogP contribution in [0.4, 0.5) is 5.69 Å². The van der Waals surface area contributed by atoms with Gasteiger partial charge >= 0.3 is 5.97 Å². The fraction of sp³-hybridized carbons (Fsp3) is 0.263. The number of aryl methyl sites for hydroxylation is 4. The van der Waals surface area contributed by atoms with Crippen LogP contribution in [0.15, 0.2) is 36.4 Å². The molecule has 0 aliphatic carbocycles. The zero-order valence-corrected chi connectivity index (χ0v) is 13.9. The third kappa shape index (κ3) is 4.19. The number of para-hydroxylation sites is 1. The molecule has 0 unspecified atom stereocenters. The van der Waals surface area contributed by atoms with Crippen LogP contribution >= 0.6 is 0 Å². The lowest BCUT2D eigenvalue weighted by Crippen LogP contribution is -2.22. The maximum absolute atomic E-state index is 12.2. The van der Waals surface area contributed by atoms with Gasteiger partial charge in [0.25, 0.3) is 5.91 Å². The Balaban J connectivity index is 2.00. The quantitative estimate of drug-likeness (QED) is 0.876. The van der Waals surface area contributed by atoms with E-state index < -0.39 is 5.97 Å². The lowest BCUT2D eigenvalue weighted by molar-refractivity contribution is -0.119. The summed E-state index contributed by atoms with van der Waals surface area (Å²) in [6.07, 6.45) is 0. The number of carbonyl (C=O) groups excluding carboxylic acids is 2. The van der Waals surface area contributed by atoms with Gasteiger partial charge in [0.2, 0.25) is 0 Å². The number of carbonyl (C=O) groups is 2. The summed E-state index contributed by atoms with van der Waals surface area (Å²) in [5.74, 6) is -0.824. The third-order valence-electron chi connectivity index (χ3n) is 3.63. The molecule has 0 bridgehead atoms. The first-order chi connectivity index (χ1) is 10.9. The second-order valence-corrected chi connectivity index (χ2v) is 5.71. The molecule has 4 heteroatoms. The number of hydrogen-bond acceptors (Lipinski definition) is 3. The Labute approximate surface area is 136 Å². The molecule has 1 amide bonds. The fourth-order valence-corrected chi connectivity index (χ4v) is 2.60. The van der Waals surface area contributed by atoms with Gasteiger partial charge in [0, 0.05) is 5.69 Å². The fourth-order valence-electron chi connectivity index (χ4n) is 2.60. The second-order valence-electron chi connectivity index (χ2n) is 5.71. The summed E-state index contributed by atoms with van der Waals surface area (Å²) in [7, 11) is 0. The van der Waals surface area contributed by atoms with Crippen molar-refractivity contribution in [3.8, 4) is 0 Å². The molecule has 0 radical (unpaired) electrons. The van der Waals surface area contributed by atoms with Gasteiger partial charge in [-0.25, -0.2) is 4.79 Å². The average molecular weight is 311 g/mol. The minimum absolute atomic E-state index is 0.306. The van der Waals surface area contributed by atoms with Crippen LogP contribution < -0.4 is 5.32 Å². The molecule has 2 aromatic carbocycles. The Morgan fingerprint density at radius 3 is 2.17 bits per heavy atom. The summed E-state index contributed by atoms with van der Waals surface area (Å²) in [5, 5.41) is 2.74. The molecule has 0 saturated heterocycles. The molecule has 0 atom stereocenters. The van der Waals surface area contributed by atoms with Crippen molar-refractivity contribution in [2.45, 2.75) is 27.7 Å². The van der Waals surface area contributed by atoms with Gasteiger partial charge in [0.1, 0.15) is 0 Å². The van der Waals surface area contributed by atoms with E-state index >= 15 is 0 Å². The van der Waals surface area contributed by atoms with Crippen LogP contribution in [-0.2, 0) is 9.53 Å². The minimum atomic E-state index is -0.472. The first kappa shape index (κ1) is 16.7. The number of benzene rings is 2. The van der Waals surface area contributed by atoms with Crippen LogP contribution in [0.3, 0.4) is 0 Å². The van der Waals surface area contributed by atoms with Crippen LogP contribution in [0, 0.1) is 27.7 Å². The van der Waals surface area contributed by atoms with Crippen LogP contribution in [0.5, 0.6) is 0 Å². The van der Waals surface area contributed by atoms with Gasteiger partial charge in [0.05, 0.1) is 5.56 Å². The number of anilines is 1. The summed E-state index contributed by atoms with van der Waals surface area (Å²) in [4.78, 5) is 24.2. The molecule has 0 fully saturated rings. The van der Waals surface area contributed by atoms with E-state index in [1.165, 1.54) is 0 Å². The van der Waals surface area contributed by atoms with Crippen molar-refractivity contribution in [1.29, 1.82) is 0 Å². The zero-order chi connectivity index (χ0) is 17.0. The largest absolute Gasteiger partial charge is 0.452 e. The Morgan fingerprint density at radius 2 is 1.57 bits per heavy atom. The summed E-state index contributed by atoms with van der Waals surface area (Å²) in [6.45, 7) is 7.30. The van der Waals surface area contributed by atoms with Gasteiger partial charge in [-0.1, -0.05) is 35.9 Å². The van der Waals surface area contributed by atoms with E-state index in [2.05, 4.69) is 5.32 Å². The normalized spacial score (nSPS) is 10.3. The maximum atomic E-state index is 12.2. The molecule has 0 spiro atoms. The molecular formula is C19H21NO3. The van der Waals surface area contributed by atoms with Crippen molar-refractivity contribution < 1.29 is 14.3 Å². The van der Waals surface area contributed by atoms with E-state index in [0.29, 0.717) is 5.56 Å². The maximum Gasteiger partial charge on any atom is 0.339 e. The van der Waals surface area contributed by atoms with Crippen LogP contribution in [0.1, 0.15) is 32.6 Å². The molecule has 4 nitrogen and oxygen atoms in total. The van der Waals surface area contributed by atoms with E-state index in [1.807, 2.05) is 64.1 Å². The second kappa shape index (κ2) is 7.09. The molecule has 2 aromatic rings. The first-order valence-electron chi connectivity index (χ1n) is 7.49. The molecule has 1 N–H and O–H groups in total. The summed E-state index contributed by atoms with van der Waals surface area (Å²) >= 11 is 0. The highest BCUT2D eigenvalue weighted by molar-refractivity contribution is 5.97. The van der Waals surface area contributed by atoms with Crippen molar-refractivity contribution in [3.05, 3.63) is 64.2 Å². The molecule has 0 saturated carbocycles. The zero-order valence-electron chi connectivity index (χ0n) is 13.9. The average Bonchev–Trinajstić information content (AvgIpc) is 2.46. The van der Waals surface area contributed by atoms with Gasteiger partial charge in [-0.3, -0.25) is 4.79 Å². The van der Waals surface area contributed by atoms with Crippen molar-refractivity contribution in [1.82, 2.24) is 0 Å². The van der Waals surface area contributed by atoms with Gasteiger partial charge < -0.3 is 10.1 Å². The van der Waals surface area contributed by atoms with E-state index in [1.54, 1.807) is 0 Å². The SMILES string of the molecule is Cc1cc(C)c(C(=O)OCC(=O)Nc2ccccc2C)c(C)c1. The monoisotopic (exact) mass is 311 g/mol. The highest BCUT2D eigenvalue weighted by Gasteiger charge is 2.16. The molecule has 2 rings (SSSR count). The van der Waals surface area contributed by atoms with Gasteiger partial charge in [-0.2, -0.15) is 0 Å².